The van der Waals surface area contributed by atoms with Crippen molar-refractivity contribution in [1.29, 1.82) is 5.41 Å². The van der Waals surface area contributed by atoms with Gasteiger partial charge in [0.25, 0.3) is 0 Å². The third-order valence-electron chi connectivity index (χ3n) is 7.84. The number of nitrogens with one attached hydrogen (secondary N) is 1. The van der Waals surface area contributed by atoms with Crippen molar-refractivity contribution in [3.05, 3.63) is 129 Å². The van der Waals surface area contributed by atoms with Crippen molar-refractivity contribution < 1.29 is 18.0 Å². The van der Waals surface area contributed by atoms with Crippen LogP contribution in [-0.2, 0) is 17.5 Å². The van der Waals surface area contributed by atoms with E-state index in [1.807, 2.05) is 54.5 Å². The van der Waals surface area contributed by atoms with E-state index in [2.05, 4.69) is 29.2 Å². The number of anilines is 1. The molecule has 2 aliphatic heterocycles. The van der Waals surface area contributed by atoms with E-state index >= 15 is 0 Å². The first-order valence-corrected chi connectivity index (χ1v) is 16.2. The van der Waals surface area contributed by atoms with Gasteiger partial charge >= 0.3 is 6.18 Å². The Morgan fingerprint density at radius 3 is 2.52 bits per heavy atom. The smallest absolute Gasteiger partial charge is 0.404 e. The lowest BCUT2D eigenvalue weighted by atomic mass is 9.97. The molecule has 9 heteroatoms. The number of Topliss-reactive ketones (excluding diaryl/α,β-unsaturated/α-hetero) is 1. The summed E-state index contributed by atoms with van der Waals surface area (Å²) < 4.78 is 39.5. The molecular weight excluding hydrogens is 605 g/mol. The van der Waals surface area contributed by atoms with E-state index in [-0.39, 0.29) is 12.2 Å². The third kappa shape index (κ3) is 10.5. The minimum Gasteiger partial charge on any atom is -0.404 e. The summed E-state index contributed by atoms with van der Waals surface area (Å²) in [5, 5.41) is 10.9. The summed E-state index contributed by atoms with van der Waals surface area (Å²) in [6.45, 7) is 7.31. The maximum atomic E-state index is 13.2. The number of carbonyl (C=O) groups excluding carboxylic acids is 1. The van der Waals surface area contributed by atoms with E-state index in [9.17, 15) is 18.0 Å². The van der Waals surface area contributed by atoms with E-state index in [1.165, 1.54) is 18.3 Å². The SMILES string of the molecule is CC(=C/C(C)=C/N)/C(=C\CC(=O)CC1=CCC=CS1)C(=N)/C=C/c1cccc(CN2CCN(c3cccc(C(F)(F)F)c3)CC2)c1. The number of thioether (sulfide) groups is 1. The standard InChI is InChI=1S/C37H41F3N4OS/c1-27(25-41)21-28(2)35(14-13-33(45)24-34-11-3-4-20-46-34)36(42)15-12-29-7-5-8-30(22-29)26-43-16-18-44(19-17-43)32-10-6-9-31(23-32)37(38,39)40/h4-12,14-15,20-23,25,42H,3,13,16-19,24,26,41H2,1-2H3/b15-12+,27-25+,28-21-,35-14+,42-36?. The van der Waals surface area contributed by atoms with Crippen LogP contribution in [0, 0.1) is 5.41 Å². The molecule has 0 atom stereocenters. The van der Waals surface area contributed by atoms with Crippen LogP contribution in [0.4, 0.5) is 18.9 Å². The van der Waals surface area contributed by atoms with Crippen molar-refractivity contribution in [2.75, 3.05) is 31.1 Å². The van der Waals surface area contributed by atoms with Gasteiger partial charge in [-0.25, -0.2) is 0 Å². The second-order valence-electron chi connectivity index (χ2n) is 11.5. The molecule has 0 spiro atoms. The number of hydrogen-bond donors (Lipinski definition) is 2. The van der Waals surface area contributed by atoms with E-state index in [1.54, 1.807) is 23.9 Å². The highest BCUT2D eigenvalue weighted by Gasteiger charge is 2.31. The maximum absolute atomic E-state index is 13.2. The molecule has 3 N–H and O–H groups in total. The average Bonchev–Trinajstić information content (AvgIpc) is 3.04. The third-order valence-corrected chi connectivity index (χ3v) is 8.78. The Labute approximate surface area is 274 Å². The first kappa shape index (κ1) is 34.8. The van der Waals surface area contributed by atoms with Gasteiger partial charge in [0.15, 0.2) is 0 Å². The molecule has 0 radical (unpaired) electrons. The van der Waals surface area contributed by atoms with Gasteiger partial charge in [0.05, 0.1) is 11.3 Å². The maximum Gasteiger partial charge on any atom is 0.416 e. The van der Waals surface area contributed by atoms with Crippen LogP contribution in [0.1, 0.15) is 49.8 Å². The molecule has 5 nitrogen and oxygen atoms in total. The van der Waals surface area contributed by atoms with Gasteiger partial charge < -0.3 is 16.0 Å². The van der Waals surface area contributed by atoms with Gasteiger partial charge in [-0.2, -0.15) is 13.2 Å². The Balaban J connectivity index is 1.38. The second-order valence-corrected chi connectivity index (χ2v) is 12.5. The number of nitrogens with two attached hydrogens (primary N) is 1. The number of halogens is 3. The van der Waals surface area contributed by atoms with Gasteiger partial charge in [-0.05, 0) is 88.9 Å². The fourth-order valence-corrected chi connectivity index (χ4v) is 6.17. The molecule has 2 aliphatic rings. The topological polar surface area (TPSA) is 73.4 Å². The number of carbonyl (C=O) groups is 1. The van der Waals surface area contributed by atoms with Crippen LogP contribution >= 0.6 is 11.8 Å². The van der Waals surface area contributed by atoms with E-state index in [0.29, 0.717) is 36.5 Å². The molecule has 2 aromatic carbocycles. The molecular formula is C37H41F3N4OS. The van der Waals surface area contributed by atoms with Crippen LogP contribution in [0.2, 0.25) is 0 Å². The predicted molar refractivity (Wildman–Crippen MR) is 186 cm³/mol. The van der Waals surface area contributed by atoms with Gasteiger partial charge in [-0.3, -0.25) is 9.69 Å². The largest absolute Gasteiger partial charge is 0.416 e. The Morgan fingerprint density at radius 2 is 1.83 bits per heavy atom. The average molecular weight is 647 g/mol. The summed E-state index contributed by atoms with van der Waals surface area (Å²) in [4.78, 5) is 18.1. The number of alkyl halides is 3. The molecule has 2 heterocycles. The molecule has 0 unspecified atom stereocenters. The number of benzene rings is 2. The van der Waals surface area contributed by atoms with Crippen molar-refractivity contribution in [3.63, 3.8) is 0 Å². The number of hydrogen-bond acceptors (Lipinski definition) is 6. The molecule has 0 amide bonds. The van der Waals surface area contributed by atoms with Crippen LogP contribution < -0.4 is 10.6 Å². The summed E-state index contributed by atoms with van der Waals surface area (Å²) >= 11 is 1.58. The molecule has 1 fully saturated rings. The number of ketones is 1. The number of piperazine rings is 1. The molecule has 2 aromatic rings. The molecule has 4 rings (SSSR count). The Hall–Kier alpha value is -4.08. The zero-order valence-electron chi connectivity index (χ0n) is 26.3. The van der Waals surface area contributed by atoms with Gasteiger partial charge in [-0.1, -0.05) is 60.7 Å². The van der Waals surface area contributed by atoms with Crippen LogP contribution in [0.5, 0.6) is 0 Å². The van der Waals surface area contributed by atoms with Crippen LogP contribution in [0.25, 0.3) is 6.08 Å². The summed E-state index contributed by atoms with van der Waals surface area (Å²) in [7, 11) is 0. The molecule has 1 saturated heterocycles. The van der Waals surface area contributed by atoms with Crippen LogP contribution in [-0.4, -0.2) is 42.6 Å². The first-order valence-electron chi connectivity index (χ1n) is 15.3. The fraction of sp³-hybridized carbons (Fsp3) is 0.297. The quantitative estimate of drug-likeness (QED) is 0.178. The zero-order chi connectivity index (χ0) is 33.1. The molecule has 0 bridgehead atoms. The van der Waals surface area contributed by atoms with Crippen molar-refractivity contribution >= 4 is 35.0 Å². The van der Waals surface area contributed by atoms with Crippen LogP contribution in [0.3, 0.4) is 0 Å². The first-order chi connectivity index (χ1) is 22.0. The normalized spacial score (nSPS) is 17.0. The fourth-order valence-electron chi connectivity index (χ4n) is 5.35. The summed E-state index contributed by atoms with van der Waals surface area (Å²) in [5.41, 5.74) is 10.4. The van der Waals surface area contributed by atoms with Gasteiger partial charge in [-0.15, -0.1) is 11.8 Å². The highest BCUT2D eigenvalue weighted by molar-refractivity contribution is 8.05. The molecule has 0 saturated carbocycles. The van der Waals surface area contributed by atoms with Crippen molar-refractivity contribution in [2.24, 2.45) is 5.73 Å². The minimum absolute atomic E-state index is 0.102. The Kier molecular flexibility index (Phi) is 12.5. The second kappa shape index (κ2) is 16.5. The van der Waals surface area contributed by atoms with Crippen molar-refractivity contribution in [2.45, 2.75) is 45.8 Å². The molecule has 46 heavy (non-hydrogen) atoms. The Bertz CT molecular complexity index is 1590. The van der Waals surface area contributed by atoms with E-state index in [4.69, 9.17) is 11.1 Å². The number of allylic oxidation sites excluding steroid dienone is 9. The summed E-state index contributed by atoms with van der Waals surface area (Å²) in [6.07, 6.45) is 10.2. The summed E-state index contributed by atoms with van der Waals surface area (Å²) in [6, 6.07) is 13.6. The van der Waals surface area contributed by atoms with Gasteiger partial charge in [0.2, 0.25) is 0 Å². The number of rotatable bonds is 12. The van der Waals surface area contributed by atoms with Gasteiger partial charge in [0.1, 0.15) is 5.78 Å². The highest BCUT2D eigenvalue weighted by atomic mass is 32.2. The van der Waals surface area contributed by atoms with E-state index in [0.717, 1.165) is 59.3 Å². The lowest BCUT2D eigenvalue weighted by molar-refractivity contribution is -0.137. The molecule has 242 valence electrons. The van der Waals surface area contributed by atoms with E-state index < -0.39 is 11.7 Å². The van der Waals surface area contributed by atoms with Crippen molar-refractivity contribution in [1.82, 2.24) is 4.90 Å². The monoisotopic (exact) mass is 646 g/mol. The lowest BCUT2D eigenvalue weighted by Crippen LogP contribution is -2.46. The zero-order valence-corrected chi connectivity index (χ0v) is 27.1. The Morgan fingerprint density at radius 1 is 1.07 bits per heavy atom. The predicted octanol–water partition coefficient (Wildman–Crippen LogP) is 8.68. The number of nitrogens with zero attached hydrogens (tertiary/aromatic N) is 2. The lowest BCUT2D eigenvalue weighted by Gasteiger charge is -2.36. The van der Waals surface area contributed by atoms with Crippen molar-refractivity contribution in [3.8, 4) is 0 Å². The van der Waals surface area contributed by atoms with Gasteiger partial charge in [0, 0.05) is 51.3 Å². The highest BCUT2D eigenvalue weighted by Crippen LogP contribution is 2.32. The molecule has 0 aromatic heterocycles. The van der Waals surface area contributed by atoms with Crippen LogP contribution in [0.15, 0.2) is 112 Å². The summed E-state index contributed by atoms with van der Waals surface area (Å²) in [5.74, 6) is 0.102. The minimum atomic E-state index is -4.35. The molecule has 0 aliphatic carbocycles.